The Balaban J connectivity index is 2.06. The Morgan fingerprint density at radius 3 is 1.70 bits per heavy atom. The molecule has 0 saturated carbocycles. The molecule has 0 aliphatic carbocycles. The molecule has 0 spiro atoms. The first-order valence-electron chi connectivity index (χ1n) is 7.16. The fourth-order valence-corrected chi connectivity index (χ4v) is 2.05. The Morgan fingerprint density at radius 1 is 0.850 bits per heavy atom. The summed E-state index contributed by atoms with van der Waals surface area (Å²) in [5.41, 5.74) is 2.23. The number of aliphatic hydroxyl groups excluding tert-OH is 1. The van der Waals surface area contributed by atoms with Crippen LogP contribution < -0.4 is 4.74 Å². The van der Waals surface area contributed by atoms with Crippen molar-refractivity contribution in [2.75, 3.05) is 0 Å². The van der Waals surface area contributed by atoms with Gasteiger partial charge in [0.15, 0.2) is 0 Å². The first kappa shape index (κ1) is 14.6. The van der Waals surface area contributed by atoms with Crippen LogP contribution in [-0.2, 0) is 0 Å². The van der Waals surface area contributed by atoms with Crippen molar-refractivity contribution in [2.45, 2.75) is 39.2 Å². The molecule has 20 heavy (non-hydrogen) atoms. The molecule has 0 aromatic heterocycles. The summed E-state index contributed by atoms with van der Waals surface area (Å²) in [6, 6.07) is 15.8. The molecule has 0 amide bonds. The Kier molecular flexibility index (Phi) is 4.80. The zero-order valence-electron chi connectivity index (χ0n) is 12.3. The number of rotatable bonds is 5. The van der Waals surface area contributed by atoms with Crippen molar-refractivity contribution < 1.29 is 9.84 Å². The lowest BCUT2D eigenvalue weighted by molar-refractivity contribution is 0.199. The van der Waals surface area contributed by atoms with Gasteiger partial charge in [0.1, 0.15) is 11.5 Å². The van der Waals surface area contributed by atoms with E-state index in [1.165, 1.54) is 5.56 Å². The van der Waals surface area contributed by atoms with E-state index in [2.05, 4.69) is 26.0 Å². The molecule has 2 aromatic rings. The van der Waals surface area contributed by atoms with Crippen molar-refractivity contribution >= 4 is 0 Å². The van der Waals surface area contributed by atoms with Crippen molar-refractivity contribution in [3.05, 3.63) is 59.7 Å². The second-order valence-electron chi connectivity index (χ2n) is 5.23. The minimum absolute atomic E-state index is 0.445. The van der Waals surface area contributed by atoms with Crippen LogP contribution in [0.25, 0.3) is 0 Å². The second-order valence-corrected chi connectivity index (χ2v) is 5.23. The highest BCUT2D eigenvalue weighted by Gasteiger charge is 2.04. The Morgan fingerprint density at radius 2 is 1.30 bits per heavy atom. The summed E-state index contributed by atoms with van der Waals surface area (Å²) in [6.45, 7) is 6.17. The van der Waals surface area contributed by atoms with E-state index in [0.29, 0.717) is 5.92 Å². The van der Waals surface area contributed by atoms with Crippen LogP contribution in [0.15, 0.2) is 48.5 Å². The van der Waals surface area contributed by atoms with Gasteiger partial charge < -0.3 is 9.84 Å². The SMILES string of the molecule is CCC(C)c1ccc(Oc2ccc(C(C)O)cc2)cc1. The number of aliphatic hydroxyl groups is 1. The number of ether oxygens (including phenoxy) is 1. The molecule has 0 radical (unpaired) electrons. The quantitative estimate of drug-likeness (QED) is 0.824. The lowest BCUT2D eigenvalue weighted by Gasteiger charge is -2.11. The molecule has 0 fully saturated rings. The number of benzene rings is 2. The third kappa shape index (κ3) is 3.61. The molecule has 1 N–H and O–H groups in total. The molecule has 2 atom stereocenters. The van der Waals surface area contributed by atoms with Gasteiger partial charge in [-0.15, -0.1) is 0 Å². The van der Waals surface area contributed by atoms with Crippen LogP contribution in [-0.4, -0.2) is 5.11 Å². The van der Waals surface area contributed by atoms with Gasteiger partial charge in [-0.3, -0.25) is 0 Å². The minimum atomic E-state index is -0.445. The van der Waals surface area contributed by atoms with Gasteiger partial charge in [0, 0.05) is 0 Å². The average molecular weight is 270 g/mol. The predicted octanol–water partition coefficient (Wildman–Crippen LogP) is 5.05. The summed E-state index contributed by atoms with van der Waals surface area (Å²) >= 11 is 0. The van der Waals surface area contributed by atoms with E-state index in [4.69, 9.17) is 4.74 Å². The highest BCUT2D eigenvalue weighted by molar-refractivity contribution is 5.35. The molecule has 0 aliphatic heterocycles. The van der Waals surface area contributed by atoms with Gasteiger partial charge in [0.25, 0.3) is 0 Å². The molecule has 0 saturated heterocycles. The maximum absolute atomic E-state index is 9.47. The first-order chi connectivity index (χ1) is 9.60. The average Bonchev–Trinajstić information content (AvgIpc) is 2.48. The van der Waals surface area contributed by atoms with E-state index in [1.807, 2.05) is 36.4 Å². The molecule has 2 unspecified atom stereocenters. The summed E-state index contributed by atoms with van der Waals surface area (Å²) in [7, 11) is 0. The lowest BCUT2D eigenvalue weighted by atomic mass is 9.99. The summed E-state index contributed by atoms with van der Waals surface area (Å²) in [4.78, 5) is 0. The third-order valence-corrected chi connectivity index (χ3v) is 3.66. The summed E-state index contributed by atoms with van der Waals surface area (Å²) in [6.07, 6.45) is 0.694. The predicted molar refractivity (Wildman–Crippen MR) is 82.3 cm³/mol. The maximum Gasteiger partial charge on any atom is 0.127 e. The molecule has 0 bridgehead atoms. The summed E-state index contributed by atoms with van der Waals surface area (Å²) in [5.74, 6) is 2.20. The first-order valence-corrected chi connectivity index (χ1v) is 7.16. The minimum Gasteiger partial charge on any atom is -0.457 e. The highest BCUT2D eigenvalue weighted by atomic mass is 16.5. The van der Waals surface area contributed by atoms with Gasteiger partial charge in [0.2, 0.25) is 0 Å². The second kappa shape index (κ2) is 6.58. The van der Waals surface area contributed by atoms with Gasteiger partial charge in [-0.25, -0.2) is 0 Å². The molecule has 0 heterocycles. The lowest BCUT2D eigenvalue weighted by Crippen LogP contribution is -1.92. The van der Waals surface area contributed by atoms with E-state index in [1.54, 1.807) is 6.92 Å². The van der Waals surface area contributed by atoms with E-state index in [9.17, 15) is 5.11 Å². The number of hydrogen-bond acceptors (Lipinski definition) is 2. The van der Waals surface area contributed by atoms with Gasteiger partial charge in [-0.2, -0.15) is 0 Å². The van der Waals surface area contributed by atoms with Crippen LogP contribution in [0.1, 0.15) is 50.3 Å². The molecule has 0 aliphatic rings. The van der Waals surface area contributed by atoms with Crippen molar-refractivity contribution in [1.29, 1.82) is 0 Å². The van der Waals surface area contributed by atoms with Crippen LogP contribution >= 0.6 is 0 Å². The molecule has 2 heteroatoms. The van der Waals surface area contributed by atoms with Crippen molar-refractivity contribution in [1.82, 2.24) is 0 Å². The zero-order chi connectivity index (χ0) is 14.5. The highest BCUT2D eigenvalue weighted by Crippen LogP contribution is 2.26. The molecular formula is C18H22O2. The smallest absolute Gasteiger partial charge is 0.127 e. The summed E-state index contributed by atoms with van der Waals surface area (Å²) < 4.78 is 5.80. The normalized spacial score (nSPS) is 13.8. The Labute approximate surface area is 121 Å². The molecular weight excluding hydrogens is 248 g/mol. The summed E-state index contributed by atoms with van der Waals surface area (Å²) in [5, 5.41) is 9.47. The van der Waals surface area contributed by atoms with Gasteiger partial charge >= 0.3 is 0 Å². The topological polar surface area (TPSA) is 29.5 Å². The zero-order valence-corrected chi connectivity index (χ0v) is 12.3. The van der Waals surface area contributed by atoms with Crippen molar-refractivity contribution in [2.24, 2.45) is 0 Å². The fraction of sp³-hybridized carbons (Fsp3) is 0.333. The van der Waals surface area contributed by atoms with E-state index in [-0.39, 0.29) is 0 Å². The van der Waals surface area contributed by atoms with E-state index < -0.39 is 6.10 Å². The van der Waals surface area contributed by atoms with Gasteiger partial charge in [0.05, 0.1) is 6.10 Å². The van der Waals surface area contributed by atoms with Crippen LogP contribution in [0.5, 0.6) is 11.5 Å². The third-order valence-electron chi connectivity index (χ3n) is 3.66. The van der Waals surface area contributed by atoms with Crippen molar-refractivity contribution in [3.8, 4) is 11.5 Å². The number of hydrogen-bond donors (Lipinski definition) is 1. The van der Waals surface area contributed by atoms with Crippen LogP contribution in [0, 0.1) is 0 Å². The molecule has 2 aromatic carbocycles. The van der Waals surface area contributed by atoms with E-state index in [0.717, 1.165) is 23.5 Å². The van der Waals surface area contributed by atoms with Crippen LogP contribution in [0.2, 0.25) is 0 Å². The molecule has 106 valence electrons. The Hall–Kier alpha value is -1.80. The van der Waals surface area contributed by atoms with Gasteiger partial charge in [-0.1, -0.05) is 38.1 Å². The molecule has 2 nitrogen and oxygen atoms in total. The largest absolute Gasteiger partial charge is 0.457 e. The van der Waals surface area contributed by atoms with E-state index >= 15 is 0 Å². The van der Waals surface area contributed by atoms with Gasteiger partial charge in [-0.05, 0) is 54.7 Å². The Bertz CT molecular complexity index is 526. The fourth-order valence-electron chi connectivity index (χ4n) is 2.05. The van der Waals surface area contributed by atoms with Crippen LogP contribution in [0.4, 0.5) is 0 Å². The van der Waals surface area contributed by atoms with Crippen molar-refractivity contribution in [3.63, 3.8) is 0 Å². The molecule has 2 rings (SSSR count). The monoisotopic (exact) mass is 270 g/mol. The maximum atomic E-state index is 9.47. The van der Waals surface area contributed by atoms with Crippen LogP contribution in [0.3, 0.4) is 0 Å². The standard InChI is InChI=1S/C18H22O2/c1-4-13(2)15-5-9-17(10-6-15)20-18-11-7-16(8-12-18)14(3)19/h5-14,19H,4H2,1-3H3.